The molecule has 0 unspecified atom stereocenters. The van der Waals surface area contributed by atoms with Crippen molar-refractivity contribution >= 4 is 22.8 Å². The number of nitrogens with one attached hydrogen (secondary N) is 1. The normalized spacial score (nSPS) is 19.2. The Morgan fingerprint density at radius 3 is 2.31 bits per heavy atom. The highest BCUT2D eigenvalue weighted by atomic mass is 16.6. The number of hydrogen-bond donors (Lipinski definition) is 1. The summed E-state index contributed by atoms with van der Waals surface area (Å²) in [5.74, 6) is 0. The first-order chi connectivity index (χ1) is 12.6. The van der Waals surface area contributed by atoms with E-state index >= 15 is 0 Å². The summed E-state index contributed by atoms with van der Waals surface area (Å²) in [6.07, 6.45) is 13.8. The fourth-order valence-corrected chi connectivity index (χ4v) is 2.86. The van der Waals surface area contributed by atoms with Crippen molar-refractivity contribution < 1.29 is 9.85 Å². The third-order valence-corrected chi connectivity index (χ3v) is 4.31. The monoisotopic (exact) mass is 360 g/mol. The van der Waals surface area contributed by atoms with Gasteiger partial charge in [0, 0.05) is 11.8 Å². The highest BCUT2D eigenvalue weighted by Crippen LogP contribution is 2.29. The van der Waals surface area contributed by atoms with E-state index in [0.717, 1.165) is 56.7 Å². The third kappa shape index (κ3) is 6.27. The third-order valence-electron chi connectivity index (χ3n) is 4.31. The van der Waals surface area contributed by atoms with Crippen LogP contribution in [0.5, 0.6) is 0 Å². The Balaban J connectivity index is 2.11. The maximum Gasteiger partial charge on any atom is 0.301 e. The van der Waals surface area contributed by atoms with Gasteiger partial charge in [-0.15, -0.1) is 0 Å². The highest BCUT2D eigenvalue weighted by molar-refractivity contribution is 5.85. The van der Waals surface area contributed by atoms with Gasteiger partial charge in [0.15, 0.2) is 0 Å². The molecule has 1 aliphatic rings. The smallest absolute Gasteiger partial charge is 0.272 e. The fraction of sp³-hybridized carbons (Fsp3) is 0.500. The minimum absolute atomic E-state index is 0.166. The summed E-state index contributed by atoms with van der Waals surface area (Å²) in [6.45, 7) is 0. The molecule has 0 fully saturated rings. The average molecular weight is 360 g/mol. The number of anilines is 1. The number of nitro groups is 2. The zero-order valence-corrected chi connectivity index (χ0v) is 14.7. The van der Waals surface area contributed by atoms with Crippen molar-refractivity contribution in [3.8, 4) is 0 Å². The summed E-state index contributed by atoms with van der Waals surface area (Å²) in [5.41, 5.74) is 3.23. The number of hydrogen-bond acceptors (Lipinski definition) is 6. The van der Waals surface area contributed by atoms with Crippen molar-refractivity contribution in [2.24, 2.45) is 5.10 Å². The molecular weight excluding hydrogens is 336 g/mol. The van der Waals surface area contributed by atoms with E-state index in [2.05, 4.69) is 22.7 Å². The molecule has 0 bridgehead atoms. The molecule has 1 N–H and O–H groups in total. The Bertz CT molecular complexity index is 700. The second-order valence-corrected chi connectivity index (χ2v) is 6.32. The van der Waals surface area contributed by atoms with Gasteiger partial charge in [0.05, 0.1) is 15.9 Å². The molecule has 0 saturated carbocycles. The molecule has 1 aromatic carbocycles. The van der Waals surface area contributed by atoms with E-state index in [9.17, 15) is 20.2 Å². The average Bonchev–Trinajstić information content (AvgIpc) is 2.61. The summed E-state index contributed by atoms with van der Waals surface area (Å²) in [6, 6.07) is 3.52. The van der Waals surface area contributed by atoms with Crippen molar-refractivity contribution in [3.63, 3.8) is 0 Å². The summed E-state index contributed by atoms with van der Waals surface area (Å²) >= 11 is 0. The minimum atomic E-state index is -0.650. The van der Waals surface area contributed by atoms with Crippen LogP contribution in [0.4, 0.5) is 17.1 Å². The standard InChI is InChI=1S/C18H24N4O4/c23-21(24)16-12-13-17(18(14-16)22(25)26)20-19-15-10-8-6-4-2-1-3-5-7-9-11-15/h2,4,12-14,20H,1,3,5-11H2/b4-2-,19-15-. The molecule has 1 aliphatic carbocycles. The van der Waals surface area contributed by atoms with Crippen molar-refractivity contribution in [2.45, 2.75) is 57.8 Å². The van der Waals surface area contributed by atoms with Crippen LogP contribution in [0, 0.1) is 20.2 Å². The van der Waals surface area contributed by atoms with Gasteiger partial charge in [0.25, 0.3) is 5.69 Å². The predicted octanol–water partition coefficient (Wildman–Crippen LogP) is 5.35. The minimum Gasteiger partial charge on any atom is -0.272 e. The summed E-state index contributed by atoms with van der Waals surface area (Å²) in [4.78, 5) is 20.7. The number of allylic oxidation sites excluding steroid dienone is 2. The molecule has 0 amide bonds. The maximum absolute atomic E-state index is 11.2. The van der Waals surface area contributed by atoms with Gasteiger partial charge in [0.1, 0.15) is 5.69 Å². The molecule has 2 rings (SSSR count). The first kappa shape index (κ1) is 19.6. The van der Waals surface area contributed by atoms with Crippen molar-refractivity contribution in [1.29, 1.82) is 0 Å². The molecule has 8 heteroatoms. The van der Waals surface area contributed by atoms with Crippen LogP contribution < -0.4 is 5.43 Å². The number of nitrogens with zero attached hydrogens (tertiary/aromatic N) is 3. The molecule has 26 heavy (non-hydrogen) atoms. The lowest BCUT2D eigenvalue weighted by molar-refractivity contribution is -0.393. The molecule has 0 spiro atoms. The second-order valence-electron chi connectivity index (χ2n) is 6.32. The van der Waals surface area contributed by atoms with E-state index in [1.807, 2.05) is 0 Å². The van der Waals surface area contributed by atoms with Crippen LogP contribution in [0.2, 0.25) is 0 Å². The molecule has 0 aromatic heterocycles. The largest absolute Gasteiger partial charge is 0.301 e. The van der Waals surface area contributed by atoms with E-state index < -0.39 is 9.85 Å². The maximum atomic E-state index is 11.2. The van der Waals surface area contributed by atoms with Gasteiger partial charge in [-0.2, -0.15) is 5.10 Å². The number of nitro benzene ring substituents is 2. The van der Waals surface area contributed by atoms with Crippen LogP contribution >= 0.6 is 0 Å². The van der Waals surface area contributed by atoms with Crippen molar-refractivity contribution in [3.05, 3.63) is 50.6 Å². The Morgan fingerprint density at radius 1 is 0.885 bits per heavy atom. The van der Waals surface area contributed by atoms with Gasteiger partial charge in [-0.3, -0.25) is 25.7 Å². The summed E-state index contributed by atoms with van der Waals surface area (Å²) in [7, 11) is 0. The summed E-state index contributed by atoms with van der Waals surface area (Å²) in [5, 5.41) is 26.4. The predicted molar refractivity (Wildman–Crippen MR) is 102 cm³/mol. The second kappa shape index (κ2) is 10.3. The van der Waals surface area contributed by atoms with Gasteiger partial charge in [0.2, 0.25) is 0 Å². The van der Waals surface area contributed by atoms with E-state index in [1.54, 1.807) is 0 Å². The molecule has 8 nitrogen and oxygen atoms in total. The lowest BCUT2D eigenvalue weighted by Gasteiger charge is -2.09. The van der Waals surface area contributed by atoms with Crippen LogP contribution in [0.15, 0.2) is 35.5 Å². The van der Waals surface area contributed by atoms with Gasteiger partial charge in [-0.05, 0) is 51.0 Å². The van der Waals surface area contributed by atoms with Crippen molar-refractivity contribution in [1.82, 2.24) is 0 Å². The molecular formula is C18H24N4O4. The van der Waals surface area contributed by atoms with E-state index in [1.165, 1.54) is 25.0 Å². The molecule has 140 valence electrons. The van der Waals surface area contributed by atoms with Crippen LogP contribution in [-0.2, 0) is 0 Å². The van der Waals surface area contributed by atoms with E-state index in [-0.39, 0.29) is 17.1 Å². The SMILES string of the molecule is O=[N+]([O-])c1ccc(N/N=C2/CCC/C=C\CCCCCC2)c([N+](=O)[O-])c1. The number of non-ortho nitro benzene ring substituents is 1. The van der Waals surface area contributed by atoms with Crippen molar-refractivity contribution in [2.75, 3.05) is 5.43 Å². The van der Waals surface area contributed by atoms with Gasteiger partial charge < -0.3 is 0 Å². The number of hydrazone groups is 1. The molecule has 0 aliphatic heterocycles. The zero-order chi connectivity index (χ0) is 18.8. The molecule has 1 aromatic rings. The fourth-order valence-electron chi connectivity index (χ4n) is 2.86. The Hall–Kier alpha value is -2.77. The molecule has 0 saturated heterocycles. The topological polar surface area (TPSA) is 111 Å². The molecule has 0 radical (unpaired) electrons. The Morgan fingerprint density at radius 2 is 1.58 bits per heavy atom. The van der Waals surface area contributed by atoms with Crippen LogP contribution in [0.1, 0.15) is 57.8 Å². The molecule has 0 heterocycles. The Kier molecular flexibility index (Phi) is 7.73. The van der Waals surface area contributed by atoms with Crippen LogP contribution in [-0.4, -0.2) is 15.6 Å². The Labute approximate surface area is 152 Å². The first-order valence-electron chi connectivity index (χ1n) is 8.97. The molecule has 0 atom stereocenters. The van der Waals surface area contributed by atoms with Gasteiger partial charge in [-0.25, -0.2) is 0 Å². The lowest BCUT2D eigenvalue weighted by Crippen LogP contribution is -2.05. The highest BCUT2D eigenvalue weighted by Gasteiger charge is 2.19. The van der Waals surface area contributed by atoms with Gasteiger partial charge >= 0.3 is 5.69 Å². The van der Waals surface area contributed by atoms with E-state index in [0.29, 0.717) is 0 Å². The zero-order valence-electron chi connectivity index (χ0n) is 14.7. The van der Waals surface area contributed by atoms with E-state index in [4.69, 9.17) is 0 Å². The number of benzene rings is 1. The lowest BCUT2D eigenvalue weighted by atomic mass is 10.0. The summed E-state index contributed by atoms with van der Waals surface area (Å²) < 4.78 is 0. The quantitative estimate of drug-likeness (QED) is 0.442. The number of rotatable bonds is 4. The van der Waals surface area contributed by atoms with Crippen LogP contribution in [0.3, 0.4) is 0 Å². The van der Waals surface area contributed by atoms with Gasteiger partial charge in [-0.1, -0.05) is 25.0 Å². The van der Waals surface area contributed by atoms with Crippen LogP contribution in [0.25, 0.3) is 0 Å². The first-order valence-corrected chi connectivity index (χ1v) is 8.97.